The molecule has 1 heterocycles. The molecule has 1 aromatic heterocycles. The van der Waals surface area contributed by atoms with Crippen molar-refractivity contribution in [3.05, 3.63) is 40.8 Å². The first-order chi connectivity index (χ1) is 6.13. The zero-order chi connectivity index (χ0) is 9.84. The van der Waals surface area contributed by atoms with Crippen LogP contribution in [0.1, 0.15) is 5.69 Å². The number of H-pyrrole nitrogens is 1. The number of hydrogen-bond donors (Lipinski definition) is 2. The van der Waals surface area contributed by atoms with E-state index in [-0.39, 0.29) is 11.2 Å². The van der Waals surface area contributed by atoms with Gasteiger partial charge in [-0.15, -0.1) is 0 Å². The van der Waals surface area contributed by atoms with Gasteiger partial charge in [-0.1, -0.05) is 6.58 Å². The van der Waals surface area contributed by atoms with Crippen LogP contribution >= 0.6 is 0 Å². The van der Waals surface area contributed by atoms with Gasteiger partial charge < -0.3 is 10.3 Å². The minimum Gasteiger partial charge on any atom is -0.325 e. The first kappa shape index (κ1) is 9.25. The minimum absolute atomic E-state index is 0.232. The fraction of sp³-hybridized carbons (Fsp3) is 0.111. The van der Waals surface area contributed by atoms with Gasteiger partial charge in [0.1, 0.15) is 5.69 Å². The topological polar surface area (TPSA) is 62.0 Å². The standard InChI is InChI=1S/C9H10N2O2/c1-3-8(12)11-7-5-4-6(2)10-9(7)13/h3-5H,1H2,2H3,(H,10,13)(H,11,12). The first-order valence-corrected chi connectivity index (χ1v) is 3.77. The van der Waals surface area contributed by atoms with E-state index in [1.807, 2.05) is 0 Å². The number of anilines is 1. The van der Waals surface area contributed by atoms with E-state index >= 15 is 0 Å². The summed E-state index contributed by atoms with van der Waals surface area (Å²) in [5, 5.41) is 2.39. The van der Waals surface area contributed by atoms with Crippen LogP contribution in [0.15, 0.2) is 29.6 Å². The maximum Gasteiger partial charge on any atom is 0.271 e. The van der Waals surface area contributed by atoms with E-state index in [0.717, 1.165) is 11.8 Å². The highest BCUT2D eigenvalue weighted by Crippen LogP contribution is 1.98. The van der Waals surface area contributed by atoms with Crippen LogP contribution in [0.4, 0.5) is 5.69 Å². The molecule has 13 heavy (non-hydrogen) atoms. The maximum absolute atomic E-state index is 11.2. The highest BCUT2D eigenvalue weighted by Gasteiger charge is 2.00. The lowest BCUT2D eigenvalue weighted by molar-refractivity contribution is -0.111. The number of aromatic amines is 1. The molecule has 0 aliphatic heterocycles. The Morgan fingerprint density at radius 2 is 2.31 bits per heavy atom. The molecule has 0 atom stereocenters. The fourth-order valence-corrected chi connectivity index (χ4v) is 0.854. The molecular formula is C9H10N2O2. The average Bonchev–Trinajstić information content (AvgIpc) is 2.09. The smallest absolute Gasteiger partial charge is 0.271 e. The van der Waals surface area contributed by atoms with Gasteiger partial charge in [-0.25, -0.2) is 0 Å². The number of carbonyl (C=O) groups is 1. The number of aromatic nitrogens is 1. The van der Waals surface area contributed by atoms with Crippen LogP contribution in [0.3, 0.4) is 0 Å². The van der Waals surface area contributed by atoms with Crippen molar-refractivity contribution in [3.63, 3.8) is 0 Å². The van der Waals surface area contributed by atoms with Gasteiger partial charge >= 0.3 is 0 Å². The van der Waals surface area contributed by atoms with E-state index in [2.05, 4.69) is 16.9 Å². The summed E-state index contributed by atoms with van der Waals surface area (Å²) >= 11 is 0. The SMILES string of the molecule is C=CC(=O)Nc1ccc(C)[nH]c1=O. The van der Waals surface area contributed by atoms with Gasteiger partial charge in [-0.2, -0.15) is 0 Å². The van der Waals surface area contributed by atoms with Crippen LogP contribution in [0.25, 0.3) is 0 Å². The van der Waals surface area contributed by atoms with E-state index in [1.54, 1.807) is 19.1 Å². The molecule has 0 aliphatic carbocycles. The third-order valence-corrected chi connectivity index (χ3v) is 1.50. The van der Waals surface area contributed by atoms with Gasteiger partial charge in [0.15, 0.2) is 0 Å². The second-order valence-corrected chi connectivity index (χ2v) is 2.58. The normalized spacial score (nSPS) is 9.31. The minimum atomic E-state index is -0.394. The molecule has 0 radical (unpaired) electrons. The molecule has 1 amide bonds. The van der Waals surface area contributed by atoms with E-state index in [9.17, 15) is 9.59 Å². The summed E-state index contributed by atoms with van der Waals surface area (Å²) in [6.07, 6.45) is 1.11. The number of carbonyl (C=O) groups excluding carboxylic acids is 1. The van der Waals surface area contributed by atoms with Crippen molar-refractivity contribution in [1.82, 2.24) is 4.98 Å². The molecular weight excluding hydrogens is 168 g/mol. The van der Waals surface area contributed by atoms with Crippen molar-refractivity contribution < 1.29 is 4.79 Å². The molecule has 0 saturated heterocycles. The Kier molecular flexibility index (Phi) is 2.64. The monoisotopic (exact) mass is 178 g/mol. The zero-order valence-electron chi connectivity index (χ0n) is 7.26. The molecule has 1 aromatic rings. The number of amides is 1. The van der Waals surface area contributed by atoms with Crippen molar-refractivity contribution in [2.24, 2.45) is 0 Å². The summed E-state index contributed by atoms with van der Waals surface area (Å²) in [6, 6.07) is 3.26. The lowest BCUT2D eigenvalue weighted by atomic mass is 10.3. The quantitative estimate of drug-likeness (QED) is 0.658. The second-order valence-electron chi connectivity index (χ2n) is 2.58. The van der Waals surface area contributed by atoms with Crippen molar-refractivity contribution >= 4 is 11.6 Å². The van der Waals surface area contributed by atoms with E-state index in [0.29, 0.717) is 0 Å². The van der Waals surface area contributed by atoms with Crippen molar-refractivity contribution in [2.45, 2.75) is 6.92 Å². The van der Waals surface area contributed by atoms with Gasteiger partial charge in [-0.05, 0) is 25.1 Å². The molecule has 0 bridgehead atoms. The molecule has 4 nitrogen and oxygen atoms in total. The Morgan fingerprint density at radius 3 is 2.85 bits per heavy atom. The van der Waals surface area contributed by atoms with Gasteiger partial charge in [0, 0.05) is 5.69 Å². The van der Waals surface area contributed by atoms with Crippen LogP contribution in [-0.2, 0) is 4.79 Å². The number of rotatable bonds is 2. The Morgan fingerprint density at radius 1 is 1.62 bits per heavy atom. The molecule has 0 aliphatic rings. The number of pyridine rings is 1. The molecule has 0 aromatic carbocycles. The van der Waals surface area contributed by atoms with Crippen LogP contribution in [0.5, 0.6) is 0 Å². The lowest BCUT2D eigenvalue weighted by Gasteiger charge is -2.00. The summed E-state index contributed by atoms with van der Waals surface area (Å²) in [6.45, 7) is 5.04. The van der Waals surface area contributed by atoms with Crippen LogP contribution < -0.4 is 10.9 Å². The van der Waals surface area contributed by atoms with Gasteiger partial charge in [0.2, 0.25) is 5.91 Å². The van der Waals surface area contributed by atoms with Gasteiger partial charge in [-0.3, -0.25) is 9.59 Å². The van der Waals surface area contributed by atoms with Gasteiger partial charge in [0.05, 0.1) is 0 Å². The second kappa shape index (κ2) is 3.71. The van der Waals surface area contributed by atoms with Crippen molar-refractivity contribution in [1.29, 1.82) is 0 Å². The summed E-state index contributed by atoms with van der Waals surface area (Å²) in [5.41, 5.74) is 0.673. The molecule has 0 unspecified atom stereocenters. The maximum atomic E-state index is 11.2. The molecule has 0 spiro atoms. The summed E-state index contributed by atoms with van der Waals surface area (Å²) in [4.78, 5) is 24.6. The number of aryl methyl sites for hydroxylation is 1. The largest absolute Gasteiger partial charge is 0.325 e. The highest BCUT2D eigenvalue weighted by molar-refractivity contribution is 5.98. The van der Waals surface area contributed by atoms with Crippen LogP contribution in [0.2, 0.25) is 0 Å². The predicted molar refractivity (Wildman–Crippen MR) is 50.6 cm³/mol. The Bertz CT molecular complexity index is 393. The summed E-state index contributed by atoms with van der Waals surface area (Å²) in [5.74, 6) is -0.394. The molecule has 2 N–H and O–H groups in total. The van der Waals surface area contributed by atoms with Crippen molar-refractivity contribution in [2.75, 3.05) is 5.32 Å². The lowest BCUT2D eigenvalue weighted by Crippen LogP contribution is -2.18. The Balaban J connectivity index is 2.96. The van der Waals surface area contributed by atoms with Crippen LogP contribution in [0, 0.1) is 6.92 Å². The van der Waals surface area contributed by atoms with Crippen LogP contribution in [-0.4, -0.2) is 10.9 Å². The highest BCUT2D eigenvalue weighted by atomic mass is 16.2. The molecule has 1 rings (SSSR count). The Hall–Kier alpha value is -1.84. The number of nitrogens with one attached hydrogen (secondary N) is 2. The molecule has 0 saturated carbocycles. The van der Waals surface area contributed by atoms with E-state index in [1.165, 1.54) is 0 Å². The Labute approximate surface area is 75.3 Å². The zero-order valence-corrected chi connectivity index (χ0v) is 7.26. The average molecular weight is 178 g/mol. The number of hydrogen-bond acceptors (Lipinski definition) is 2. The first-order valence-electron chi connectivity index (χ1n) is 3.77. The van der Waals surface area contributed by atoms with E-state index < -0.39 is 5.91 Å². The molecule has 4 heteroatoms. The summed E-state index contributed by atoms with van der Waals surface area (Å²) in [7, 11) is 0. The third kappa shape index (κ3) is 2.30. The van der Waals surface area contributed by atoms with E-state index in [4.69, 9.17) is 0 Å². The summed E-state index contributed by atoms with van der Waals surface area (Å²) < 4.78 is 0. The third-order valence-electron chi connectivity index (χ3n) is 1.50. The molecule has 68 valence electrons. The van der Waals surface area contributed by atoms with Crippen molar-refractivity contribution in [3.8, 4) is 0 Å². The fourth-order valence-electron chi connectivity index (χ4n) is 0.854. The predicted octanol–water partition coefficient (Wildman–Crippen LogP) is 0.808. The van der Waals surface area contributed by atoms with Gasteiger partial charge in [0.25, 0.3) is 5.56 Å². The molecule has 0 fully saturated rings.